The fourth-order valence-electron chi connectivity index (χ4n) is 1.32. The molecule has 5 heteroatoms. The molecule has 0 heterocycles. The van der Waals surface area contributed by atoms with E-state index in [-0.39, 0.29) is 25.5 Å². The minimum atomic E-state index is -1.00. The van der Waals surface area contributed by atoms with E-state index in [9.17, 15) is 4.79 Å². The summed E-state index contributed by atoms with van der Waals surface area (Å²) < 4.78 is 0. The van der Waals surface area contributed by atoms with Crippen molar-refractivity contribution in [1.29, 1.82) is 0 Å². The second-order valence-electron chi connectivity index (χ2n) is 4.19. The number of halogens is 1. The highest BCUT2D eigenvalue weighted by Crippen LogP contribution is 2.15. The third-order valence-electron chi connectivity index (χ3n) is 2.45. The van der Waals surface area contributed by atoms with Crippen molar-refractivity contribution in [2.45, 2.75) is 18.9 Å². The first-order chi connectivity index (χ1) is 8.00. The smallest absolute Gasteiger partial charge is 0.225 e. The van der Waals surface area contributed by atoms with Crippen LogP contribution in [-0.4, -0.2) is 34.9 Å². The normalized spacial score (nSPS) is 11.3. The summed E-state index contributed by atoms with van der Waals surface area (Å²) in [5.41, 5.74) is -0.289. The lowest BCUT2D eigenvalue weighted by Gasteiger charge is -2.26. The molecule has 4 nitrogen and oxygen atoms in total. The predicted octanol–water partition coefficient (Wildman–Crippen LogP) is 0.742. The number of hydrogen-bond acceptors (Lipinski definition) is 3. The van der Waals surface area contributed by atoms with Crippen LogP contribution in [0.15, 0.2) is 24.3 Å². The molecule has 0 aromatic heterocycles. The molecule has 17 heavy (non-hydrogen) atoms. The zero-order valence-corrected chi connectivity index (χ0v) is 10.4. The average Bonchev–Trinajstić information content (AvgIpc) is 2.32. The Hall–Kier alpha value is -1.10. The lowest BCUT2D eigenvalue weighted by atomic mass is 10.0. The van der Waals surface area contributed by atoms with Gasteiger partial charge in [-0.05, 0) is 18.6 Å². The van der Waals surface area contributed by atoms with Crippen molar-refractivity contribution in [3.8, 4) is 0 Å². The summed E-state index contributed by atoms with van der Waals surface area (Å²) in [4.78, 5) is 11.7. The third-order valence-corrected chi connectivity index (χ3v) is 2.82. The van der Waals surface area contributed by atoms with Gasteiger partial charge in [0.15, 0.2) is 0 Å². The van der Waals surface area contributed by atoms with Crippen molar-refractivity contribution >= 4 is 17.5 Å². The summed E-state index contributed by atoms with van der Waals surface area (Å²) in [6.07, 6.45) is 0.120. The van der Waals surface area contributed by atoms with E-state index >= 15 is 0 Å². The van der Waals surface area contributed by atoms with Gasteiger partial charge in [0, 0.05) is 5.02 Å². The van der Waals surface area contributed by atoms with Gasteiger partial charge in [0.1, 0.15) is 0 Å². The fourth-order valence-corrected chi connectivity index (χ4v) is 1.53. The van der Waals surface area contributed by atoms with E-state index in [0.717, 1.165) is 0 Å². The van der Waals surface area contributed by atoms with Crippen molar-refractivity contribution in [3.05, 3.63) is 34.9 Å². The van der Waals surface area contributed by atoms with Crippen molar-refractivity contribution in [3.63, 3.8) is 0 Å². The lowest BCUT2D eigenvalue weighted by Crippen LogP contribution is -2.52. The molecule has 94 valence electrons. The maximum Gasteiger partial charge on any atom is 0.225 e. The summed E-state index contributed by atoms with van der Waals surface area (Å²) in [5, 5.41) is 21.2. The number of aliphatic hydroxyl groups is 2. The van der Waals surface area contributed by atoms with Crippen LogP contribution in [0.1, 0.15) is 12.5 Å². The molecular weight excluding hydrogens is 242 g/mol. The van der Waals surface area contributed by atoms with Crippen LogP contribution in [0.5, 0.6) is 0 Å². The van der Waals surface area contributed by atoms with E-state index in [4.69, 9.17) is 21.8 Å². The second-order valence-corrected chi connectivity index (χ2v) is 4.60. The topological polar surface area (TPSA) is 69.6 Å². The first-order valence-corrected chi connectivity index (χ1v) is 5.65. The Labute approximate surface area is 105 Å². The molecule has 1 amide bonds. The molecular formula is C12H16ClNO3. The highest BCUT2D eigenvalue weighted by Gasteiger charge is 2.24. The van der Waals surface area contributed by atoms with Crippen molar-refractivity contribution in [2.24, 2.45) is 0 Å². The SMILES string of the molecule is CC(CO)(CO)NC(=O)Cc1ccccc1Cl. The number of carbonyl (C=O) groups excluding carboxylic acids is 1. The van der Waals surface area contributed by atoms with Gasteiger partial charge in [-0.2, -0.15) is 0 Å². The summed E-state index contributed by atoms with van der Waals surface area (Å²) in [7, 11) is 0. The molecule has 3 N–H and O–H groups in total. The van der Waals surface area contributed by atoms with Crippen LogP contribution in [0.25, 0.3) is 0 Å². The summed E-state index contributed by atoms with van der Waals surface area (Å²) in [5.74, 6) is -0.288. The molecule has 0 aliphatic rings. The van der Waals surface area contributed by atoms with Gasteiger partial charge >= 0.3 is 0 Å². The molecule has 0 saturated heterocycles. The quantitative estimate of drug-likeness (QED) is 0.729. The Balaban J connectivity index is 2.65. The summed E-state index contributed by atoms with van der Waals surface area (Å²) >= 11 is 5.93. The van der Waals surface area contributed by atoms with Crippen LogP contribution < -0.4 is 5.32 Å². The Morgan fingerprint density at radius 2 is 1.94 bits per heavy atom. The molecule has 1 aromatic rings. The van der Waals surface area contributed by atoms with Gasteiger partial charge in [0.2, 0.25) is 5.91 Å². The van der Waals surface area contributed by atoms with Gasteiger partial charge in [-0.1, -0.05) is 29.8 Å². The first kappa shape index (κ1) is 14.0. The Morgan fingerprint density at radius 1 is 1.35 bits per heavy atom. The number of carbonyl (C=O) groups is 1. The third kappa shape index (κ3) is 4.00. The molecule has 1 aromatic carbocycles. The van der Waals surface area contributed by atoms with Crippen LogP contribution in [0.2, 0.25) is 5.02 Å². The zero-order valence-electron chi connectivity index (χ0n) is 9.61. The number of benzene rings is 1. The molecule has 0 aliphatic heterocycles. The van der Waals surface area contributed by atoms with Crippen LogP contribution in [0.3, 0.4) is 0 Å². The molecule has 0 unspecified atom stereocenters. The zero-order chi connectivity index (χ0) is 12.9. The van der Waals surface area contributed by atoms with Crippen LogP contribution in [0.4, 0.5) is 0 Å². The monoisotopic (exact) mass is 257 g/mol. The molecule has 0 bridgehead atoms. The molecule has 0 aliphatic carbocycles. The van der Waals surface area contributed by atoms with E-state index in [1.54, 1.807) is 31.2 Å². The summed E-state index contributed by atoms with van der Waals surface area (Å²) in [6, 6.07) is 7.06. The number of aliphatic hydroxyl groups excluding tert-OH is 2. The number of hydrogen-bond donors (Lipinski definition) is 3. The number of rotatable bonds is 5. The van der Waals surface area contributed by atoms with Gasteiger partial charge in [-0.25, -0.2) is 0 Å². The van der Waals surface area contributed by atoms with Crippen LogP contribution in [-0.2, 0) is 11.2 Å². The lowest BCUT2D eigenvalue weighted by molar-refractivity contribution is -0.123. The highest BCUT2D eigenvalue weighted by molar-refractivity contribution is 6.31. The molecule has 0 radical (unpaired) electrons. The van der Waals surface area contributed by atoms with E-state index < -0.39 is 5.54 Å². The van der Waals surface area contributed by atoms with Crippen molar-refractivity contribution in [1.82, 2.24) is 5.32 Å². The maximum absolute atomic E-state index is 11.7. The Bertz CT molecular complexity index is 391. The minimum Gasteiger partial charge on any atom is -0.394 e. The fraction of sp³-hybridized carbons (Fsp3) is 0.417. The Kier molecular flexibility index (Phi) is 4.93. The van der Waals surface area contributed by atoms with E-state index in [2.05, 4.69) is 5.32 Å². The molecule has 0 saturated carbocycles. The molecule has 1 rings (SSSR count). The van der Waals surface area contributed by atoms with Gasteiger partial charge in [-0.3, -0.25) is 4.79 Å². The van der Waals surface area contributed by atoms with Crippen molar-refractivity contribution < 1.29 is 15.0 Å². The van der Waals surface area contributed by atoms with Crippen LogP contribution in [0, 0.1) is 0 Å². The standard InChI is InChI=1S/C12H16ClNO3/c1-12(7-15,8-16)14-11(17)6-9-4-2-3-5-10(9)13/h2-5,15-16H,6-8H2,1H3,(H,14,17). The van der Waals surface area contributed by atoms with Crippen molar-refractivity contribution in [2.75, 3.05) is 13.2 Å². The minimum absolute atomic E-state index is 0.120. The van der Waals surface area contributed by atoms with Gasteiger partial charge in [-0.15, -0.1) is 0 Å². The number of amides is 1. The van der Waals surface area contributed by atoms with Gasteiger partial charge < -0.3 is 15.5 Å². The first-order valence-electron chi connectivity index (χ1n) is 5.27. The predicted molar refractivity (Wildman–Crippen MR) is 65.9 cm³/mol. The largest absolute Gasteiger partial charge is 0.394 e. The highest BCUT2D eigenvalue weighted by atomic mass is 35.5. The maximum atomic E-state index is 11.7. The van der Waals surface area contributed by atoms with E-state index in [0.29, 0.717) is 10.6 Å². The van der Waals surface area contributed by atoms with Gasteiger partial charge in [0.25, 0.3) is 0 Å². The summed E-state index contributed by atoms with van der Waals surface area (Å²) in [6.45, 7) is 0.924. The molecule has 0 fully saturated rings. The van der Waals surface area contributed by atoms with Crippen LogP contribution >= 0.6 is 11.6 Å². The van der Waals surface area contributed by atoms with Gasteiger partial charge in [0.05, 0.1) is 25.2 Å². The Morgan fingerprint density at radius 3 is 2.47 bits per heavy atom. The molecule has 0 atom stereocenters. The second kappa shape index (κ2) is 6.00. The average molecular weight is 258 g/mol. The van der Waals surface area contributed by atoms with E-state index in [1.807, 2.05) is 0 Å². The number of nitrogens with one attached hydrogen (secondary N) is 1. The molecule has 0 spiro atoms. The van der Waals surface area contributed by atoms with E-state index in [1.165, 1.54) is 0 Å².